The van der Waals surface area contributed by atoms with Gasteiger partial charge in [0.1, 0.15) is 6.61 Å². The van der Waals surface area contributed by atoms with Gasteiger partial charge in [-0.1, -0.05) is 48.3 Å². The van der Waals surface area contributed by atoms with E-state index in [0.29, 0.717) is 50.9 Å². The van der Waals surface area contributed by atoms with Crippen LogP contribution >= 0.6 is 11.3 Å². The van der Waals surface area contributed by atoms with E-state index in [-0.39, 0.29) is 12.2 Å². The van der Waals surface area contributed by atoms with Crippen LogP contribution in [0.3, 0.4) is 0 Å². The molecule has 206 valence electrons. The molecule has 9 heteroatoms. The molecule has 8 nitrogen and oxygen atoms in total. The zero-order chi connectivity index (χ0) is 28.4. The lowest BCUT2D eigenvalue weighted by molar-refractivity contribution is -0.139. The number of esters is 1. The summed E-state index contributed by atoms with van der Waals surface area (Å²) in [4.78, 5) is 32.5. The number of carbonyl (C=O) groups is 1. The molecule has 0 saturated heterocycles. The molecule has 0 N–H and O–H groups in total. The number of ether oxygens (including phenoxy) is 3. The van der Waals surface area contributed by atoms with Gasteiger partial charge in [0.25, 0.3) is 5.56 Å². The Balaban J connectivity index is 1.72. The second kappa shape index (κ2) is 11.4. The average Bonchev–Trinajstić information content (AvgIpc) is 3.42. The summed E-state index contributed by atoms with van der Waals surface area (Å²) in [6.07, 6.45) is 5.55. The van der Waals surface area contributed by atoms with Gasteiger partial charge in [0.2, 0.25) is 0 Å². The van der Waals surface area contributed by atoms with Crippen LogP contribution < -0.4 is 24.4 Å². The normalized spacial score (nSPS) is 15.1. The molecule has 0 amide bonds. The molecule has 3 heterocycles. The number of aryl methyl sites for hydroxylation is 1. The van der Waals surface area contributed by atoms with Crippen molar-refractivity contribution in [2.45, 2.75) is 26.8 Å². The summed E-state index contributed by atoms with van der Waals surface area (Å²) in [7, 11) is 1.98. The summed E-state index contributed by atoms with van der Waals surface area (Å²) in [5, 5.41) is 1.05. The minimum absolute atomic E-state index is 0.201. The van der Waals surface area contributed by atoms with Gasteiger partial charge in [0.15, 0.2) is 16.3 Å². The van der Waals surface area contributed by atoms with E-state index in [4.69, 9.17) is 14.2 Å². The summed E-state index contributed by atoms with van der Waals surface area (Å²) in [5.41, 5.74) is 3.27. The number of rotatable bonds is 9. The Labute approximate surface area is 235 Å². The van der Waals surface area contributed by atoms with E-state index >= 15 is 0 Å². The monoisotopic (exact) mass is 557 g/mol. The van der Waals surface area contributed by atoms with Gasteiger partial charge in [0.05, 0.1) is 35.1 Å². The number of benzene rings is 2. The van der Waals surface area contributed by atoms with Crippen LogP contribution in [-0.4, -0.2) is 34.9 Å². The summed E-state index contributed by atoms with van der Waals surface area (Å²) < 4.78 is 21.2. The molecule has 1 unspecified atom stereocenters. The smallest absolute Gasteiger partial charge is 0.338 e. The van der Waals surface area contributed by atoms with Crippen molar-refractivity contribution in [2.75, 3.05) is 19.8 Å². The molecule has 2 aromatic carbocycles. The van der Waals surface area contributed by atoms with Gasteiger partial charge in [-0.25, -0.2) is 9.79 Å². The molecular weight excluding hydrogens is 526 g/mol. The van der Waals surface area contributed by atoms with E-state index in [2.05, 4.69) is 11.6 Å². The third-order valence-corrected chi connectivity index (χ3v) is 7.65. The minimum Gasteiger partial charge on any atom is -0.490 e. The third-order valence-electron chi connectivity index (χ3n) is 6.67. The number of nitrogens with zero attached hydrogens (tertiary/aromatic N) is 3. The Hall–Kier alpha value is -4.37. The van der Waals surface area contributed by atoms with Crippen LogP contribution in [0.25, 0.3) is 17.0 Å². The predicted molar refractivity (Wildman–Crippen MR) is 157 cm³/mol. The molecule has 1 aliphatic heterocycles. The van der Waals surface area contributed by atoms with Crippen molar-refractivity contribution in [3.8, 4) is 11.5 Å². The van der Waals surface area contributed by atoms with E-state index in [0.717, 1.165) is 16.5 Å². The van der Waals surface area contributed by atoms with E-state index in [1.165, 1.54) is 11.3 Å². The molecule has 0 bridgehead atoms. The first-order valence-corrected chi connectivity index (χ1v) is 13.9. The summed E-state index contributed by atoms with van der Waals surface area (Å²) in [5.74, 6) is 0.548. The highest BCUT2D eigenvalue weighted by molar-refractivity contribution is 7.07. The molecule has 4 aromatic rings. The number of thiazole rings is 1. The van der Waals surface area contributed by atoms with E-state index in [9.17, 15) is 9.59 Å². The molecule has 1 aliphatic rings. The Bertz CT molecular complexity index is 1830. The lowest BCUT2D eigenvalue weighted by Crippen LogP contribution is -2.40. The number of aromatic nitrogens is 2. The van der Waals surface area contributed by atoms with Crippen LogP contribution in [0, 0.1) is 0 Å². The zero-order valence-electron chi connectivity index (χ0n) is 23.0. The summed E-state index contributed by atoms with van der Waals surface area (Å²) in [6.45, 7) is 10.0. The summed E-state index contributed by atoms with van der Waals surface area (Å²) in [6, 6.07) is 12.7. The Morgan fingerprint density at radius 3 is 2.67 bits per heavy atom. The maximum absolute atomic E-state index is 14.0. The molecule has 1 atom stereocenters. The molecule has 0 saturated carbocycles. The maximum Gasteiger partial charge on any atom is 0.338 e. The van der Waals surface area contributed by atoms with Crippen LogP contribution in [0.2, 0.25) is 0 Å². The molecule has 5 rings (SSSR count). The zero-order valence-corrected chi connectivity index (χ0v) is 23.8. The van der Waals surface area contributed by atoms with Crippen molar-refractivity contribution >= 4 is 34.3 Å². The molecule has 0 aliphatic carbocycles. The van der Waals surface area contributed by atoms with Crippen LogP contribution in [0.4, 0.5) is 0 Å². The lowest BCUT2D eigenvalue weighted by Gasteiger charge is -2.25. The number of hydrogen-bond acceptors (Lipinski definition) is 7. The standard InChI is InChI=1S/C31H31N3O5S/c1-6-15-39-24-14-13-20(16-25(24)37-7-2)28-27(30(36)38-8-3)19(4)32-31-34(28)29(35)26(40-31)17-21-18-33(5)23-12-10-9-11-22(21)23/h6,9-14,16-18,28H,1,7-8,15H2,2-5H3/b26-17-. The number of hydrogen-bond donors (Lipinski definition) is 0. The first-order chi connectivity index (χ1) is 19.4. The van der Waals surface area contributed by atoms with Crippen LogP contribution in [-0.2, 0) is 16.6 Å². The first-order valence-electron chi connectivity index (χ1n) is 13.1. The number of allylic oxidation sites excluding steroid dienone is 1. The van der Waals surface area contributed by atoms with Crippen LogP contribution in [0.1, 0.15) is 37.9 Å². The van der Waals surface area contributed by atoms with E-state index in [1.54, 1.807) is 30.6 Å². The Kier molecular flexibility index (Phi) is 7.75. The average molecular weight is 558 g/mol. The Morgan fingerprint density at radius 2 is 1.93 bits per heavy atom. The number of para-hydroxylation sites is 1. The van der Waals surface area contributed by atoms with Crippen molar-refractivity contribution < 1.29 is 19.0 Å². The molecule has 0 spiro atoms. The van der Waals surface area contributed by atoms with Gasteiger partial charge < -0.3 is 18.8 Å². The van der Waals surface area contributed by atoms with E-state index < -0.39 is 12.0 Å². The fourth-order valence-corrected chi connectivity index (χ4v) is 6.00. The van der Waals surface area contributed by atoms with Crippen molar-refractivity contribution in [1.29, 1.82) is 0 Å². The first kappa shape index (κ1) is 27.2. The lowest BCUT2D eigenvalue weighted by atomic mass is 9.95. The highest BCUT2D eigenvalue weighted by Gasteiger charge is 2.34. The van der Waals surface area contributed by atoms with Crippen molar-refractivity contribution in [1.82, 2.24) is 9.13 Å². The van der Waals surface area contributed by atoms with Crippen molar-refractivity contribution in [3.63, 3.8) is 0 Å². The molecule has 40 heavy (non-hydrogen) atoms. The largest absolute Gasteiger partial charge is 0.490 e. The van der Waals surface area contributed by atoms with Gasteiger partial charge in [-0.15, -0.1) is 0 Å². The van der Waals surface area contributed by atoms with Gasteiger partial charge in [-0.2, -0.15) is 0 Å². The van der Waals surface area contributed by atoms with Crippen molar-refractivity contribution in [3.05, 3.63) is 103 Å². The second-order valence-electron chi connectivity index (χ2n) is 9.25. The predicted octanol–water partition coefficient (Wildman–Crippen LogP) is 4.25. The van der Waals surface area contributed by atoms with Crippen LogP contribution in [0.15, 0.2) is 82.4 Å². The number of carbonyl (C=O) groups excluding carboxylic acids is 1. The third kappa shape index (κ3) is 4.88. The fraction of sp³-hybridized carbons (Fsp3) is 0.258. The van der Waals surface area contributed by atoms with Crippen molar-refractivity contribution in [2.24, 2.45) is 12.0 Å². The maximum atomic E-state index is 14.0. The van der Waals surface area contributed by atoms with Gasteiger partial charge in [-0.3, -0.25) is 9.36 Å². The van der Waals surface area contributed by atoms with Crippen LogP contribution in [0.5, 0.6) is 11.5 Å². The van der Waals surface area contributed by atoms with Gasteiger partial charge in [-0.05, 0) is 50.6 Å². The fourth-order valence-electron chi connectivity index (χ4n) is 4.97. The second-order valence-corrected chi connectivity index (χ2v) is 10.3. The summed E-state index contributed by atoms with van der Waals surface area (Å²) >= 11 is 1.30. The molecular formula is C31H31N3O5S. The number of fused-ring (bicyclic) bond motifs is 2. The Morgan fingerprint density at radius 1 is 1.12 bits per heavy atom. The highest BCUT2D eigenvalue weighted by Crippen LogP contribution is 2.36. The highest BCUT2D eigenvalue weighted by atomic mass is 32.1. The van der Waals surface area contributed by atoms with E-state index in [1.807, 2.05) is 67.2 Å². The topological polar surface area (TPSA) is 84.0 Å². The quantitative estimate of drug-likeness (QED) is 0.227. The van der Waals surface area contributed by atoms with Gasteiger partial charge >= 0.3 is 5.97 Å². The molecule has 0 fully saturated rings. The SMILES string of the molecule is C=CCOc1ccc(C2C(C(=O)OCC)=C(C)N=c3s/c(=C\c4cn(C)c5ccccc45)c(=O)n32)cc1OCC. The molecule has 0 radical (unpaired) electrons. The van der Waals surface area contributed by atoms with Gasteiger partial charge in [0, 0.05) is 29.7 Å². The molecule has 2 aromatic heterocycles. The minimum atomic E-state index is -0.752.